The molecule has 0 unspecified atom stereocenters. The Kier molecular flexibility index (Phi) is 2.82. The van der Waals surface area contributed by atoms with Crippen molar-refractivity contribution in [2.24, 2.45) is 0 Å². The van der Waals surface area contributed by atoms with Gasteiger partial charge in [-0.3, -0.25) is 0 Å². The fourth-order valence-corrected chi connectivity index (χ4v) is 2.61. The molecule has 0 amide bonds. The first-order chi connectivity index (χ1) is 10.4. The first kappa shape index (κ1) is 12.0. The molecule has 0 bridgehead atoms. The molecule has 0 aliphatic carbocycles. The van der Waals surface area contributed by atoms with Gasteiger partial charge in [0.25, 0.3) is 0 Å². The standard InChI is InChI=1S/C20H14O/c1-2-8-19(9-3-1)21-20-11-10-17-12-15-6-4-5-7-16(15)13-18(17)14-20/h1-14H. The van der Waals surface area contributed by atoms with Gasteiger partial charge in [-0.2, -0.15) is 0 Å². The number of hydrogen-bond acceptors (Lipinski definition) is 1. The number of fused-ring (bicyclic) bond motifs is 2. The van der Waals surface area contributed by atoms with Crippen LogP contribution in [0.3, 0.4) is 0 Å². The van der Waals surface area contributed by atoms with E-state index in [1.54, 1.807) is 0 Å². The van der Waals surface area contributed by atoms with E-state index in [1.165, 1.54) is 21.5 Å². The Morgan fingerprint density at radius 1 is 0.429 bits per heavy atom. The van der Waals surface area contributed by atoms with Crippen molar-refractivity contribution in [2.75, 3.05) is 0 Å². The van der Waals surface area contributed by atoms with E-state index in [9.17, 15) is 0 Å². The largest absolute Gasteiger partial charge is 0.457 e. The van der Waals surface area contributed by atoms with Crippen LogP contribution in [-0.2, 0) is 0 Å². The number of para-hydroxylation sites is 1. The van der Waals surface area contributed by atoms with Gasteiger partial charge >= 0.3 is 0 Å². The Labute approximate surface area is 123 Å². The van der Waals surface area contributed by atoms with E-state index in [1.807, 2.05) is 36.4 Å². The molecule has 0 radical (unpaired) electrons. The second-order valence-electron chi connectivity index (χ2n) is 5.12. The van der Waals surface area contributed by atoms with Crippen LogP contribution in [0.2, 0.25) is 0 Å². The van der Waals surface area contributed by atoms with Crippen molar-refractivity contribution in [2.45, 2.75) is 0 Å². The lowest BCUT2D eigenvalue weighted by atomic mass is 10.0. The van der Waals surface area contributed by atoms with Crippen molar-refractivity contribution < 1.29 is 4.74 Å². The van der Waals surface area contributed by atoms with Gasteiger partial charge in [-0.1, -0.05) is 48.5 Å². The van der Waals surface area contributed by atoms with Crippen molar-refractivity contribution in [3.05, 3.63) is 84.9 Å². The Bertz CT molecular complexity index is 910. The van der Waals surface area contributed by atoms with E-state index in [0.717, 1.165) is 11.5 Å². The van der Waals surface area contributed by atoms with Gasteiger partial charge in [0, 0.05) is 0 Å². The van der Waals surface area contributed by atoms with Crippen LogP contribution < -0.4 is 4.74 Å². The molecule has 0 saturated heterocycles. The quantitative estimate of drug-likeness (QED) is 0.419. The SMILES string of the molecule is c1ccc(Oc2ccc3cc4ccccc4cc3c2)cc1. The summed E-state index contributed by atoms with van der Waals surface area (Å²) in [5, 5.41) is 4.94. The van der Waals surface area contributed by atoms with Crippen LogP contribution in [0.5, 0.6) is 11.5 Å². The Hall–Kier alpha value is -2.80. The van der Waals surface area contributed by atoms with E-state index in [4.69, 9.17) is 4.74 Å². The molecule has 0 aliphatic rings. The molecule has 0 spiro atoms. The molecule has 1 nitrogen and oxygen atoms in total. The lowest BCUT2D eigenvalue weighted by Gasteiger charge is -2.07. The molecule has 0 aromatic heterocycles. The van der Waals surface area contributed by atoms with E-state index in [-0.39, 0.29) is 0 Å². The summed E-state index contributed by atoms with van der Waals surface area (Å²) in [5.41, 5.74) is 0. The van der Waals surface area contributed by atoms with Crippen molar-refractivity contribution in [3.8, 4) is 11.5 Å². The predicted octanol–water partition coefficient (Wildman–Crippen LogP) is 5.79. The van der Waals surface area contributed by atoms with Crippen LogP contribution >= 0.6 is 0 Å². The maximum absolute atomic E-state index is 5.90. The molecule has 0 fully saturated rings. The zero-order chi connectivity index (χ0) is 14.1. The molecule has 0 saturated carbocycles. The summed E-state index contributed by atoms with van der Waals surface area (Å²) >= 11 is 0. The molecule has 21 heavy (non-hydrogen) atoms. The van der Waals surface area contributed by atoms with E-state index in [2.05, 4.69) is 48.5 Å². The second kappa shape index (κ2) is 4.95. The highest BCUT2D eigenvalue weighted by Crippen LogP contribution is 2.28. The summed E-state index contributed by atoms with van der Waals surface area (Å²) < 4.78 is 5.90. The van der Waals surface area contributed by atoms with Gasteiger partial charge in [0.05, 0.1) is 0 Å². The number of benzene rings is 4. The third kappa shape index (κ3) is 2.34. The van der Waals surface area contributed by atoms with Crippen molar-refractivity contribution >= 4 is 21.5 Å². The lowest BCUT2D eigenvalue weighted by molar-refractivity contribution is 0.483. The van der Waals surface area contributed by atoms with Crippen LogP contribution in [0, 0.1) is 0 Å². The van der Waals surface area contributed by atoms with Crippen LogP contribution in [0.25, 0.3) is 21.5 Å². The zero-order valence-corrected chi connectivity index (χ0v) is 11.5. The fraction of sp³-hybridized carbons (Fsp3) is 0. The summed E-state index contributed by atoms with van der Waals surface area (Å²) in [4.78, 5) is 0. The maximum atomic E-state index is 5.90. The minimum Gasteiger partial charge on any atom is -0.457 e. The first-order valence-corrected chi connectivity index (χ1v) is 7.04. The number of ether oxygens (including phenoxy) is 1. The highest BCUT2D eigenvalue weighted by molar-refractivity contribution is 5.98. The third-order valence-corrected chi connectivity index (χ3v) is 3.66. The smallest absolute Gasteiger partial charge is 0.128 e. The zero-order valence-electron chi connectivity index (χ0n) is 11.5. The van der Waals surface area contributed by atoms with E-state index < -0.39 is 0 Å². The second-order valence-corrected chi connectivity index (χ2v) is 5.12. The number of rotatable bonds is 2. The van der Waals surface area contributed by atoms with Crippen molar-refractivity contribution in [1.29, 1.82) is 0 Å². The van der Waals surface area contributed by atoms with Gasteiger partial charge in [0.2, 0.25) is 0 Å². The van der Waals surface area contributed by atoms with Gasteiger partial charge in [-0.25, -0.2) is 0 Å². The Morgan fingerprint density at radius 3 is 1.81 bits per heavy atom. The van der Waals surface area contributed by atoms with Crippen LogP contribution in [0.1, 0.15) is 0 Å². The Balaban J connectivity index is 1.80. The molecule has 0 heterocycles. The third-order valence-electron chi connectivity index (χ3n) is 3.66. The molecule has 4 rings (SSSR count). The van der Waals surface area contributed by atoms with Crippen LogP contribution in [0.4, 0.5) is 0 Å². The molecule has 4 aromatic rings. The van der Waals surface area contributed by atoms with Crippen molar-refractivity contribution in [3.63, 3.8) is 0 Å². The highest BCUT2D eigenvalue weighted by Gasteiger charge is 2.01. The molecular weight excluding hydrogens is 256 g/mol. The van der Waals surface area contributed by atoms with Gasteiger partial charge in [-0.05, 0) is 57.9 Å². The summed E-state index contributed by atoms with van der Waals surface area (Å²) in [6.45, 7) is 0. The maximum Gasteiger partial charge on any atom is 0.128 e. The molecular formula is C20H14O. The number of hydrogen-bond donors (Lipinski definition) is 0. The lowest BCUT2D eigenvalue weighted by Crippen LogP contribution is -1.84. The Morgan fingerprint density at radius 2 is 1.05 bits per heavy atom. The molecule has 0 atom stereocenters. The average Bonchev–Trinajstić information content (AvgIpc) is 2.54. The minimum absolute atomic E-state index is 0.859. The summed E-state index contributed by atoms with van der Waals surface area (Å²) in [7, 11) is 0. The predicted molar refractivity (Wildman–Crippen MR) is 88.0 cm³/mol. The highest BCUT2D eigenvalue weighted by atomic mass is 16.5. The topological polar surface area (TPSA) is 9.23 Å². The molecule has 100 valence electrons. The van der Waals surface area contributed by atoms with Crippen molar-refractivity contribution in [1.82, 2.24) is 0 Å². The van der Waals surface area contributed by atoms with Gasteiger partial charge in [-0.15, -0.1) is 0 Å². The first-order valence-electron chi connectivity index (χ1n) is 7.04. The summed E-state index contributed by atoms with van der Waals surface area (Å²) in [6.07, 6.45) is 0. The average molecular weight is 270 g/mol. The normalized spacial score (nSPS) is 10.9. The molecule has 0 aliphatic heterocycles. The molecule has 0 N–H and O–H groups in total. The van der Waals surface area contributed by atoms with Gasteiger partial charge in [0.15, 0.2) is 0 Å². The van der Waals surface area contributed by atoms with E-state index in [0.29, 0.717) is 0 Å². The molecule has 1 heteroatoms. The minimum atomic E-state index is 0.859. The van der Waals surface area contributed by atoms with Crippen LogP contribution in [0.15, 0.2) is 84.9 Å². The van der Waals surface area contributed by atoms with Gasteiger partial charge < -0.3 is 4.74 Å². The van der Waals surface area contributed by atoms with Crippen LogP contribution in [-0.4, -0.2) is 0 Å². The van der Waals surface area contributed by atoms with Gasteiger partial charge in [0.1, 0.15) is 11.5 Å². The monoisotopic (exact) mass is 270 g/mol. The fourth-order valence-electron chi connectivity index (χ4n) is 2.61. The summed E-state index contributed by atoms with van der Waals surface area (Å²) in [6, 6.07) is 28.9. The van der Waals surface area contributed by atoms with E-state index >= 15 is 0 Å². The summed E-state index contributed by atoms with van der Waals surface area (Å²) in [5.74, 6) is 1.72. The molecule has 4 aromatic carbocycles.